The molecule has 18 heavy (non-hydrogen) atoms. The van der Waals surface area contributed by atoms with Crippen molar-refractivity contribution < 1.29 is 9.66 Å². The first kappa shape index (κ1) is 14.4. The van der Waals surface area contributed by atoms with Gasteiger partial charge in [-0.2, -0.15) is 0 Å². The molecule has 5 nitrogen and oxygen atoms in total. The molecule has 5 heteroatoms. The van der Waals surface area contributed by atoms with Crippen molar-refractivity contribution in [2.75, 3.05) is 19.0 Å². The number of methoxy groups -OCH3 is 1. The molecule has 1 aromatic rings. The highest BCUT2D eigenvalue weighted by atomic mass is 16.6. The molecule has 0 atom stereocenters. The fraction of sp³-hybridized carbons (Fsp3) is 0.538. The van der Waals surface area contributed by atoms with Gasteiger partial charge in [0.05, 0.1) is 10.5 Å². The second-order valence-corrected chi connectivity index (χ2v) is 4.92. The topological polar surface area (TPSA) is 64.4 Å². The Kier molecular flexibility index (Phi) is 4.67. The fourth-order valence-electron chi connectivity index (χ4n) is 1.55. The number of ether oxygens (including phenoxy) is 1. The predicted octanol–water partition coefficient (Wildman–Crippen LogP) is 3.13. The number of nitrogens with one attached hydrogen (secondary N) is 1. The highest BCUT2D eigenvalue weighted by molar-refractivity contribution is 5.62. The van der Waals surface area contributed by atoms with Gasteiger partial charge in [0, 0.05) is 19.7 Å². The minimum atomic E-state index is -0.372. The monoisotopic (exact) mass is 252 g/mol. The molecule has 0 fully saturated rings. The van der Waals surface area contributed by atoms with E-state index >= 15 is 0 Å². The Balaban J connectivity index is 2.72. The van der Waals surface area contributed by atoms with Crippen LogP contribution in [0.5, 0.6) is 0 Å². The summed E-state index contributed by atoms with van der Waals surface area (Å²) in [7, 11) is 1.66. The van der Waals surface area contributed by atoms with Crippen LogP contribution in [0.3, 0.4) is 0 Å². The molecule has 0 spiro atoms. The maximum Gasteiger partial charge on any atom is 0.292 e. The van der Waals surface area contributed by atoms with Gasteiger partial charge in [-0.15, -0.1) is 0 Å². The summed E-state index contributed by atoms with van der Waals surface area (Å²) in [5.74, 6) is 0. The number of hydrogen-bond acceptors (Lipinski definition) is 4. The van der Waals surface area contributed by atoms with Gasteiger partial charge in [-0.1, -0.05) is 6.07 Å². The largest absolute Gasteiger partial charge is 0.379 e. The van der Waals surface area contributed by atoms with Crippen LogP contribution in [-0.4, -0.2) is 24.2 Å². The van der Waals surface area contributed by atoms with Gasteiger partial charge in [0.1, 0.15) is 5.69 Å². The molecule has 0 aliphatic heterocycles. The number of benzene rings is 1. The quantitative estimate of drug-likeness (QED) is 0.624. The van der Waals surface area contributed by atoms with Crippen molar-refractivity contribution >= 4 is 11.4 Å². The van der Waals surface area contributed by atoms with E-state index in [-0.39, 0.29) is 16.2 Å². The Labute approximate surface area is 107 Å². The van der Waals surface area contributed by atoms with Crippen LogP contribution in [-0.2, 0) is 4.74 Å². The van der Waals surface area contributed by atoms with Gasteiger partial charge >= 0.3 is 0 Å². The molecule has 0 saturated carbocycles. The van der Waals surface area contributed by atoms with Gasteiger partial charge in [0.2, 0.25) is 0 Å². The van der Waals surface area contributed by atoms with Gasteiger partial charge in [-0.05, 0) is 38.8 Å². The zero-order valence-corrected chi connectivity index (χ0v) is 11.3. The fourth-order valence-corrected chi connectivity index (χ4v) is 1.55. The van der Waals surface area contributed by atoms with Gasteiger partial charge in [-0.25, -0.2) is 0 Å². The standard InChI is InChI=1S/C13H20N2O3/c1-10-5-6-12(15(16)17)11(9-10)14-8-7-13(2,3)18-4/h5-6,9,14H,7-8H2,1-4H3. The molecule has 0 heterocycles. The van der Waals surface area contributed by atoms with Crippen LogP contribution in [0.2, 0.25) is 0 Å². The molecule has 0 aliphatic carbocycles. The number of nitrogens with zero attached hydrogens (tertiary/aromatic N) is 1. The van der Waals surface area contributed by atoms with Gasteiger partial charge in [-0.3, -0.25) is 10.1 Å². The molecule has 0 amide bonds. The number of anilines is 1. The van der Waals surface area contributed by atoms with Crippen LogP contribution >= 0.6 is 0 Å². The highest BCUT2D eigenvalue weighted by Gasteiger charge is 2.17. The van der Waals surface area contributed by atoms with Crippen LogP contribution in [0, 0.1) is 17.0 Å². The van der Waals surface area contributed by atoms with Crippen molar-refractivity contribution in [2.24, 2.45) is 0 Å². The minimum Gasteiger partial charge on any atom is -0.379 e. The third kappa shape index (κ3) is 4.00. The van der Waals surface area contributed by atoms with Crippen LogP contribution in [0.4, 0.5) is 11.4 Å². The lowest BCUT2D eigenvalue weighted by Gasteiger charge is -2.23. The van der Waals surface area contributed by atoms with E-state index in [2.05, 4.69) is 5.32 Å². The number of hydrogen-bond donors (Lipinski definition) is 1. The van der Waals surface area contributed by atoms with Crippen molar-refractivity contribution in [3.63, 3.8) is 0 Å². The average molecular weight is 252 g/mol. The van der Waals surface area contributed by atoms with Crippen LogP contribution in [0.15, 0.2) is 18.2 Å². The highest BCUT2D eigenvalue weighted by Crippen LogP contribution is 2.25. The molecule has 1 aromatic carbocycles. The zero-order valence-electron chi connectivity index (χ0n) is 11.3. The molecule has 0 bridgehead atoms. The van der Waals surface area contributed by atoms with Gasteiger partial charge in [0.15, 0.2) is 0 Å². The van der Waals surface area contributed by atoms with Crippen LogP contribution in [0.1, 0.15) is 25.8 Å². The molecule has 100 valence electrons. The molecular formula is C13H20N2O3. The maximum absolute atomic E-state index is 10.9. The van der Waals surface area contributed by atoms with E-state index in [1.807, 2.05) is 20.8 Å². The summed E-state index contributed by atoms with van der Waals surface area (Å²) >= 11 is 0. The molecule has 0 aromatic heterocycles. The molecule has 1 N–H and O–H groups in total. The van der Waals surface area contributed by atoms with Crippen molar-refractivity contribution in [1.29, 1.82) is 0 Å². The molecule has 0 unspecified atom stereocenters. The summed E-state index contributed by atoms with van der Waals surface area (Å²) in [6.07, 6.45) is 0.772. The SMILES string of the molecule is COC(C)(C)CCNc1cc(C)ccc1[N+](=O)[O-]. The second kappa shape index (κ2) is 5.82. The van der Waals surface area contributed by atoms with Crippen molar-refractivity contribution in [3.05, 3.63) is 33.9 Å². The molecular weight excluding hydrogens is 232 g/mol. The third-order valence-electron chi connectivity index (χ3n) is 2.94. The Bertz CT molecular complexity index is 430. The Morgan fingerprint density at radius 2 is 2.11 bits per heavy atom. The average Bonchev–Trinajstić information content (AvgIpc) is 2.28. The van der Waals surface area contributed by atoms with E-state index in [4.69, 9.17) is 4.74 Å². The third-order valence-corrected chi connectivity index (χ3v) is 2.94. The van der Waals surface area contributed by atoms with E-state index in [0.29, 0.717) is 12.2 Å². The van der Waals surface area contributed by atoms with Crippen molar-refractivity contribution in [1.82, 2.24) is 0 Å². The number of nitro benzene ring substituents is 1. The molecule has 1 rings (SSSR count). The summed E-state index contributed by atoms with van der Waals surface area (Å²) in [4.78, 5) is 10.5. The van der Waals surface area contributed by atoms with Crippen LogP contribution < -0.4 is 5.32 Å². The molecule has 0 radical (unpaired) electrons. The summed E-state index contributed by atoms with van der Waals surface area (Å²) in [6.45, 7) is 6.51. The maximum atomic E-state index is 10.9. The summed E-state index contributed by atoms with van der Waals surface area (Å²) in [5, 5.41) is 14.0. The van der Waals surface area contributed by atoms with Crippen molar-refractivity contribution in [3.8, 4) is 0 Å². The zero-order chi connectivity index (χ0) is 13.8. The lowest BCUT2D eigenvalue weighted by molar-refractivity contribution is -0.384. The number of rotatable bonds is 6. The normalized spacial score (nSPS) is 11.3. The Morgan fingerprint density at radius 3 is 2.67 bits per heavy atom. The predicted molar refractivity (Wildman–Crippen MR) is 72.0 cm³/mol. The van der Waals surface area contributed by atoms with Gasteiger partial charge < -0.3 is 10.1 Å². The second-order valence-electron chi connectivity index (χ2n) is 4.92. The molecule has 0 aliphatic rings. The number of nitro groups is 1. The van der Waals surface area contributed by atoms with Gasteiger partial charge in [0.25, 0.3) is 5.69 Å². The summed E-state index contributed by atoms with van der Waals surface area (Å²) in [6, 6.07) is 5.06. The Morgan fingerprint density at radius 1 is 1.44 bits per heavy atom. The first-order chi connectivity index (χ1) is 8.35. The smallest absolute Gasteiger partial charge is 0.292 e. The lowest BCUT2D eigenvalue weighted by atomic mass is 10.1. The molecule has 0 saturated heterocycles. The first-order valence-corrected chi connectivity index (χ1v) is 5.90. The number of aryl methyl sites for hydroxylation is 1. The lowest BCUT2D eigenvalue weighted by Crippen LogP contribution is -2.25. The van der Waals surface area contributed by atoms with E-state index in [1.165, 1.54) is 6.07 Å². The van der Waals surface area contributed by atoms with E-state index in [0.717, 1.165) is 12.0 Å². The van der Waals surface area contributed by atoms with E-state index in [9.17, 15) is 10.1 Å². The van der Waals surface area contributed by atoms with Crippen LogP contribution in [0.25, 0.3) is 0 Å². The van der Waals surface area contributed by atoms with Crippen molar-refractivity contribution in [2.45, 2.75) is 32.8 Å². The minimum absolute atomic E-state index is 0.107. The summed E-state index contributed by atoms with van der Waals surface area (Å²) in [5.41, 5.74) is 1.43. The summed E-state index contributed by atoms with van der Waals surface area (Å²) < 4.78 is 5.30. The van der Waals surface area contributed by atoms with E-state index in [1.54, 1.807) is 19.2 Å². The first-order valence-electron chi connectivity index (χ1n) is 5.90. The van der Waals surface area contributed by atoms with E-state index < -0.39 is 0 Å². The Hall–Kier alpha value is -1.62.